The van der Waals surface area contributed by atoms with Crippen LogP contribution >= 0.6 is 0 Å². The van der Waals surface area contributed by atoms with Gasteiger partial charge in [-0.25, -0.2) is 4.98 Å². The highest BCUT2D eigenvalue weighted by atomic mass is 16.5. The topological polar surface area (TPSA) is 97.0 Å². The number of hydrogen-bond acceptors (Lipinski definition) is 8. The molecule has 8 nitrogen and oxygen atoms in total. The quantitative estimate of drug-likeness (QED) is 0.511. The van der Waals surface area contributed by atoms with Crippen LogP contribution in [-0.4, -0.2) is 62.1 Å². The van der Waals surface area contributed by atoms with Crippen LogP contribution < -0.4 is 25.0 Å². The molecule has 3 aromatic rings. The van der Waals surface area contributed by atoms with Crippen molar-refractivity contribution in [1.29, 1.82) is 0 Å². The van der Waals surface area contributed by atoms with Crippen LogP contribution in [0.25, 0.3) is 11.0 Å². The van der Waals surface area contributed by atoms with Crippen molar-refractivity contribution in [2.24, 2.45) is 11.7 Å². The Morgan fingerprint density at radius 2 is 1.76 bits per heavy atom. The van der Waals surface area contributed by atoms with Crippen LogP contribution in [0.4, 0.5) is 17.2 Å². The Kier molecular flexibility index (Phi) is 7.47. The largest absolute Gasteiger partial charge is 0.497 e. The van der Waals surface area contributed by atoms with Crippen molar-refractivity contribution in [2.75, 3.05) is 56.8 Å². The summed E-state index contributed by atoms with van der Waals surface area (Å²) in [4.78, 5) is 14.0. The second-order valence-corrected chi connectivity index (χ2v) is 8.37. The zero-order chi connectivity index (χ0) is 23.2. The molecule has 1 aliphatic rings. The maximum Gasteiger partial charge on any atom is 0.147 e. The fourth-order valence-corrected chi connectivity index (χ4v) is 4.29. The number of methoxy groups -OCH3 is 2. The van der Waals surface area contributed by atoms with Gasteiger partial charge in [-0.05, 0) is 49.9 Å². The van der Waals surface area contributed by atoms with Gasteiger partial charge in [0.1, 0.15) is 17.3 Å². The fraction of sp³-hybridized carbons (Fsp3) is 0.440. The number of hydrogen-bond donors (Lipinski definition) is 2. The zero-order valence-corrected chi connectivity index (χ0v) is 19.4. The molecule has 33 heavy (non-hydrogen) atoms. The van der Waals surface area contributed by atoms with E-state index in [0.717, 1.165) is 60.7 Å². The summed E-state index contributed by atoms with van der Waals surface area (Å²) in [6, 6.07) is 11.9. The van der Waals surface area contributed by atoms with Crippen LogP contribution in [0.2, 0.25) is 0 Å². The minimum atomic E-state index is 0.105. The van der Waals surface area contributed by atoms with Gasteiger partial charge in [-0.3, -0.25) is 4.98 Å². The molecule has 1 saturated heterocycles. The number of ether oxygens (including phenoxy) is 2. The van der Waals surface area contributed by atoms with Crippen LogP contribution in [0.1, 0.15) is 19.3 Å². The van der Waals surface area contributed by atoms with E-state index in [1.807, 2.05) is 36.5 Å². The van der Waals surface area contributed by atoms with Crippen LogP contribution in [0.3, 0.4) is 0 Å². The smallest absolute Gasteiger partial charge is 0.147 e. The molecule has 0 bridgehead atoms. The van der Waals surface area contributed by atoms with E-state index in [1.165, 1.54) is 0 Å². The lowest BCUT2D eigenvalue weighted by Gasteiger charge is -2.32. The number of nitrogens with two attached hydrogens (primary N) is 1. The van der Waals surface area contributed by atoms with Gasteiger partial charge in [0.05, 0.1) is 31.4 Å². The third kappa shape index (κ3) is 5.29. The Morgan fingerprint density at radius 1 is 1.03 bits per heavy atom. The minimum absolute atomic E-state index is 0.105. The lowest BCUT2D eigenvalue weighted by atomic mass is 9.97. The van der Waals surface area contributed by atoms with Gasteiger partial charge in [0.15, 0.2) is 0 Å². The molecule has 1 aliphatic heterocycles. The van der Waals surface area contributed by atoms with Crippen molar-refractivity contribution in [3.8, 4) is 11.5 Å². The molecule has 2 aromatic carbocycles. The van der Waals surface area contributed by atoms with E-state index >= 15 is 0 Å². The number of nitrogens with zero attached hydrogens (tertiary/aromatic N) is 4. The summed E-state index contributed by atoms with van der Waals surface area (Å²) in [6.45, 7) is 3.40. The summed E-state index contributed by atoms with van der Waals surface area (Å²) in [6.07, 6.45) is 4.66. The predicted molar refractivity (Wildman–Crippen MR) is 132 cm³/mol. The van der Waals surface area contributed by atoms with Crippen molar-refractivity contribution in [1.82, 2.24) is 9.97 Å². The average molecular weight is 452 g/mol. The molecule has 2 heterocycles. The average Bonchev–Trinajstić information content (AvgIpc) is 2.88. The standard InChI is InChI=1S/C25H33N5O3/c1-32-21-12-20(13-22(15-21)33-2)30(8-3-11-31)19-4-5-23-24(14-19)28-25(17-27-23)29-9-6-18(16-26)7-10-29/h4-5,12-15,17-18,31H,3,6-11,16,26H2,1-2H3. The van der Waals surface area contributed by atoms with Crippen molar-refractivity contribution in [3.63, 3.8) is 0 Å². The van der Waals surface area contributed by atoms with Crippen LogP contribution in [0, 0.1) is 5.92 Å². The highest BCUT2D eigenvalue weighted by Crippen LogP contribution is 2.34. The summed E-state index contributed by atoms with van der Waals surface area (Å²) in [5.41, 5.74) is 9.43. The number of benzene rings is 2. The van der Waals surface area contributed by atoms with E-state index in [1.54, 1.807) is 14.2 Å². The van der Waals surface area contributed by atoms with Crippen LogP contribution in [-0.2, 0) is 0 Å². The van der Waals surface area contributed by atoms with Crippen molar-refractivity contribution in [3.05, 3.63) is 42.6 Å². The Hall–Kier alpha value is -3.10. The first-order valence-electron chi connectivity index (χ1n) is 11.5. The summed E-state index contributed by atoms with van der Waals surface area (Å²) in [7, 11) is 3.28. The number of aliphatic hydroxyl groups excluding tert-OH is 1. The molecule has 0 aliphatic carbocycles. The second kappa shape index (κ2) is 10.7. The van der Waals surface area contributed by atoms with Crippen molar-refractivity contribution < 1.29 is 14.6 Å². The number of anilines is 3. The van der Waals surface area contributed by atoms with E-state index in [2.05, 4.69) is 20.9 Å². The first-order valence-corrected chi connectivity index (χ1v) is 11.5. The Labute approximate surface area is 194 Å². The van der Waals surface area contributed by atoms with Crippen molar-refractivity contribution in [2.45, 2.75) is 19.3 Å². The first-order chi connectivity index (χ1) is 16.1. The molecule has 0 radical (unpaired) electrons. The SMILES string of the molecule is COc1cc(OC)cc(N(CCCO)c2ccc3ncc(N4CCC(CN)CC4)nc3c2)c1. The summed E-state index contributed by atoms with van der Waals surface area (Å²) in [5.74, 6) is 2.92. The minimum Gasteiger partial charge on any atom is -0.497 e. The van der Waals surface area contributed by atoms with Crippen LogP contribution in [0.15, 0.2) is 42.6 Å². The Morgan fingerprint density at radius 3 is 2.39 bits per heavy atom. The molecular formula is C25H33N5O3. The van der Waals surface area contributed by atoms with E-state index in [4.69, 9.17) is 20.2 Å². The highest BCUT2D eigenvalue weighted by Gasteiger charge is 2.20. The summed E-state index contributed by atoms with van der Waals surface area (Å²) < 4.78 is 10.9. The molecule has 1 aromatic heterocycles. The Bertz CT molecular complexity index is 1050. The number of rotatable bonds is 9. The molecule has 0 spiro atoms. The van der Waals surface area contributed by atoms with E-state index in [9.17, 15) is 5.11 Å². The van der Waals surface area contributed by atoms with Gasteiger partial charge in [0, 0.05) is 55.8 Å². The molecule has 0 unspecified atom stereocenters. The number of fused-ring (bicyclic) bond motifs is 1. The number of piperidine rings is 1. The fourth-order valence-electron chi connectivity index (χ4n) is 4.29. The van der Waals surface area contributed by atoms with Crippen molar-refractivity contribution >= 4 is 28.2 Å². The van der Waals surface area contributed by atoms with Gasteiger partial charge in [-0.15, -0.1) is 0 Å². The molecule has 0 amide bonds. The molecule has 4 rings (SSSR count). The Balaban J connectivity index is 1.68. The normalized spacial score (nSPS) is 14.5. The highest BCUT2D eigenvalue weighted by molar-refractivity contribution is 5.82. The van der Waals surface area contributed by atoms with E-state index in [-0.39, 0.29) is 6.61 Å². The van der Waals surface area contributed by atoms with Gasteiger partial charge in [-0.2, -0.15) is 0 Å². The lowest BCUT2D eigenvalue weighted by Crippen LogP contribution is -2.36. The molecule has 8 heteroatoms. The van der Waals surface area contributed by atoms with Gasteiger partial charge in [0.2, 0.25) is 0 Å². The van der Waals surface area contributed by atoms with E-state index < -0.39 is 0 Å². The zero-order valence-electron chi connectivity index (χ0n) is 19.4. The van der Waals surface area contributed by atoms with Gasteiger partial charge in [0.25, 0.3) is 0 Å². The molecular weight excluding hydrogens is 418 g/mol. The van der Waals surface area contributed by atoms with Gasteiger partial charge < -0.3 is 30.1 Å². The molecule has 3 N–H and O–H groups in total. The molecule has 0 atom stereocenters. The monoisotopic (exact) mass is 451 g/mol. The third-order valence-electron chi connectivity index (χ3n) is 6.28. The predicted octanol–water partition coefficient (Wildman–Crippen LogP) is 3.34. The maximum absolute atomic E-state index is 9.49. The third-order valence-corrected chi connectivity index (χ3v) is 6.28. The molecule has 176 valence electrons. The lowest BCUT2D eigenvalue weighted by molar-refractivity contribution is 0.291. The second-order valence-electron chi connectivity index (χ2n) is 8.37. The molecule has 1 fully saturated rings. The van der Waals surface area contributed by atoms with E-state index in [0.29, 0.717) is 30.4 Å². The van der Waals surface area contributed by atoms with Gasteiger partial charge in [-0.1, -0.05) is 0 Å². The number of aliphatic hydroxyl groups is 1. The first kappa shape index (κ1) is 23.1. The maximum atomic E-state index is 9.49. The number of aromatic nitrogens is 2. The summed E-state index contributed by atoms with van der Waals surface area (Å²) >= 11 is 0. The molecule has 0 saturated carbocycles. The van der Waals surface area contributed by atoms with Gasteiger partial charge >= 0.3 is 0 Å². The summed E-state index contributed by atoms with van der Waals surface area (Å²) in [5, 5.41) is 9.49. The van der Waals surface area contributed by atoms with Crippen LogP contribution in [0.5, 0.6) is 11.5 Å².